The molecular weight excluding hydrogens is 448 g/mol. The highest BCUT2D eigenvalue weighted by Crippen LogP contribution is 2.25. The lowest BCUT2D eigenvalue weighted by Gasteiger charge is -2.12. The number of carbonyl (C=O) groups excluding carboxylic acids is 1. The summed E-state index contributed by atoms with van der Waals surface area (Å²) in [6.07, 6.45) is 0.715. The van der Waals surface area contributed by atoms with Crippen molar-refractivity contribution in [1.82, 2.24) is 9.55 Å². The molecule has 5 nitrogen and oxygen atoms in total. The molecule has 0 bridgehead atoms. The molecule has 27 heavy (non-hydrogen) atoms. The molecule has 0 radical (unpaired) electrons. The van der Waals surface area contributed by atoms with Crippen LogP contribution in [0, 0.1) is 0 Å². The predicted octanol–water partition coefficient (Wildman–Crippen LogP) is 4.62. The summed E-state index contributed by atoms with van der Waals surface area (Å²) in [6, 6.07) is 11.0. The van der Waals surface area contributed by atoms with Gasteiger partial charge in [-0.3, -0.25) is 14.2 Å². The lowest BCUT2D eigenvalue weighted by Crippen LogP contribution is -2.24. The highest BCUT2D eigenvalue weighted by molar-refractivity contribution is 9.11. The minimum Gasteiger partial charge on any atom is -0.382 e. The van der Waals surface area contributed by atoms with E-state index in [0.29, 0.717) is 47.1 Å². The molecule has 142 valence electrons. The summed E-state index contributed by atoms with van der Waals surface area (Å²) in [5.74, 6) is 0.266. The van der Waals surface area contributed by atoms with E-state index >= 15 is 0 Å². The fourth-order valence-corrected chi connectivity index (χ4v) is 4.91. The van der Waals surface area contributed by atoms with Gasteiger partial charge in [0.2, 0.25) is 0 Å². The largest absolute Gasteiger partial charge is 0.382 e. The molecule has 2 heterocycles. The van der Waals surface area contributed by atoms with Crippen molar-refractivity contribution in [2.24, 2.45) is 0 Å². The van der Waals surface area contributed by atoms with E-state index < -0.39 is 0 Å². The molecular formula is C19H19BrN2O3S2. The molecule has 3 rings (SSSR count). The Hall–Kier alpha value is -1.48. The lowest BCUT2D eigenvalue weighted by atomic mass is 10.2. The lowest BCUT2D eigenvalue weighted by molar-refractivity contribution is 0.102. The van der Waals surface area contributed by atoms with Crippen molar-refractivity contribution in [3.63, 3.8) is 0 Å². The van der Waals surface area contributed by atoms with Gasteiger partial charge in [0, 0.05) is 19.8 Å². The normalized spacial score (nSPS) is 11.2. The average molecular weight is 467 g/mol. The highest BCUT2D eigenvalue weighted by atomic mass is 79.9. The summed E-state index contributed by atoms with van der Waals surface area (Å²) in [7, 11) is 0. The zero-order valence-electron chi connectivity index (χ0n) is 14.8. The van der Waals surface area contributed by atoms with Gasteiger partial charge in [-0.25, -0.2) is 4.98 Å². The molecule has 0 unspecified atom stereocenters. The van der Waals surface area contributed by atoms with E-state index in [0.717, 1.165) is 3.79 Å². The van der Waals surface area contributed by atoms with Crippen molar-refractivity contribution in [1.29, 1.82) is 0 Å². The number of hydrogen-bond acceptors (Lipinski definition) is 6. The monoisotopic (exact) mass is 466 g/mol. The van der Waals surface area contributed by atoms with Crippen LogP contribution in [0.15, 0.2) is 50.1 Å². The van der Waals surface area contributed by atoms with Gasteiger partial charge in [-0.2, -0.15) is 0 Å². The van der Waals surface area contributed by atoms with Crippen LogP contribution in [0.2, 0.25) is 0 Å². The number of hydrogen-bond donors (Lipinski definition) is 0. The van der Waals surface area contributed by atoms with Crippen LogP contribution >= 0.6 is 39.0 Å². The fraction of sp³-hybridized carbons (Fsp3) is 0.316. The van der Waals surface area contributed by atoms with E-state index in [1.807, 2.05) is 31.2 Å². The Morgan fingerprint density at radius 3 is 2.85 bits per heavy atom. The van der Waals surface area contributed by atoms with Gasteiger partial charge in [-0.05, 0) is 53.5 Å². The van der Waals surface area contributed by atoms with Crippen LogP contribution in [0.5, 0.6) is 0 Å². The van der Waals surface area contributed by atoms with E-state index in [1.165, 1.54) is 23.1 Å². The molecule has 8 heteroatoms. The Labute approximate surface area is 173 Å². The van der Waals surface area contributed by atoms with Gasteiger partial charge in [0.15, 0.2) is 10.9 Å². The molecule has 0 fully saturated rings. The number of fused-ring (bicyclic) bond motifs is 1. The number of aromatic nitrogens is 2. The second-order valence-corrected chi connectivity index (χ2v) is 9.14. The third kappa shape index (κ3) is 5.07. The third-order valence-corrected chi connectivity index (χ3v) is 6.52. The van der Waals surface area contributed by atoms with Crippen LogP contribution in [-0.4, -0.2) is 34.3 Å². The molecule has 0 N–H and O–H groups in total. The Morgan fingerprint density at radius 1 is 1.30 bits per heavy atom. The van der Waals surface area contributed by atoms with E-state index in [1.54, 1.807) is 16.7 Å². The zero-order chi connectivity index (χ0) is 19.2. The van der Waals surface area contributed by atoms with Gasteiger partial charge in [0.05, 0.1) is 25.3 Å². The Kier molecular flexibility index (Phi) is 7.23. The van der Waals surface area contributed by atoms with Crippen LogP contribution in [0.3, 0.4) is 0 Å². The number of carbonyl (C=O) groups is 1. The van der Waals surface area contributed by atoms with Crippen LogP contribution in [-0.2, 0) is 11.3 Å². The quantitative estimate of drug-likeness (QED) is 0.199. The topological polar surface area (TPSA) is 61.2 Å². The number of nitrogens with zero attached hydrogens (tertiary/aromatic N) is 2. The molecule has 0 aliphatic heterocycles. The van der Waals surface area contributed by atoms with Crippen LogP contribution < -0.4 is 5.56 Å². The standard InChI is InChI=1S/C19H19BrN2O3S2/c1-2-25-11-5-10-22-18(24)13-6-3-4-7-14(13)21-19(22)26-12-15(23)16-8-9-17(20)27-16/h3-4,6-9H,2,5,10-12H2,1H3. The Bertz CT molecular complexity index is 1000. The average Bonchev–Trinajstić information content (AvgIpc) is 3.11. The summed E-state index contributed by atoms with van der Waals surface area (Å²) >= 11 is 6.09. The number of para-hydroxylation sites is 1. The van der Waals surface area contributed by atoms with Crippen LogP contribution in [0.4, 0.5) is 0 Å². The maximum Gasteiger partial charge on any atom is 0.262 e. The first-order valence-corrected chi connectivity index (χ1v) is 11.2. The third-order valence-electron chi connectivity index (χ3n) is 3.88. The van der Waals surface area contributed by atoms with Gasteiger partial charge >= 0.3 is 0 Å². The number of Topliss-reactive ketones (excluding diaryl/α,β-unsaturated/α-hetero) is 1. The molecule has 0 aliphatic carbocycles. The molecule has 0 saturated heterocycles. The first-order chi connectivity index (χ1) is 13.1. The summed E-state index contributed by atoms with van der Waals surface area (Å²) in [6.45, 7) is 3.69. The number of ketones is 1. The van der Waals surface area contributed by atoms with Crippen molar-refractivity contribution in [3.05, 3.63) is 55.4 Å². The predicted molar refractivity (Wildman–Crippen MR) is 114 cm³/mol. The molecule has 0 atom stereocenters. The highest BCUT2D eigenvalue weighted by Gasteiger charge is 2.15. The number of rotatable bonds is 9. The number of benzene rings is 1. The fourth-order valence-electron chi connectivity index (χ4n) is 2.59. The van der Waals surface area contributed by atoms with Crippen molar-refractivity contribution in [2.45, 2.75) is 25.0 Å². The van der Waals surface area contributed by atoms with Crippen LogP contribution in [0.1, 0.15) is 23.0 Å². The first kappa shape index (κ1) is 20.3. The van der Waals surface area contributed by atoms with Gasteiger partial charge in [-0.1, -0.05) is 23.9 Å². The number of halogens is 1. The van der Waals surface area contributed by atoms with Gasteiger partial charge in [-0.15, -0.1) is 11.3 Å². The Balaban J connectivity index is 1.85. The summed E-state index contributed by atoms with van der Waals surface area (Å²) in [5, 5.41) is 1.16. The zero-order valence-corrected chi connectivity index (χ0v) is 18.0. The van der Waals surface area contributed by atoms with E-state index in [4.69, 9.17) is 4.74 Å². The summed E-state index contributed by atoms with van der Waals surface area (Å²) < 4.78 is 7.96. The molecule has 0 spiro atoms. The van der Waals surface area contributed by atoms with E-state index in [-0.39, 0.29) is 17.1 Å². The van der Waals surface area contributed by atoms with Gasteiger partial charge < -0.3 is 4.74 Å². The maximum absolute atomic E-state index is 12.9. The van der Waals surface area contributed by atoms with Crippen LogP contribution in [0.25, 0.3) is 10.9 Å². The van der Waals surface area contributed by atoms with Gasteiger partial charge in [0.25, 0.3) is 5.56 Å². The second kappa shape index (κ2) is 9.64. The van der Waals surface area contributed by atoms with Crippen molar-refractivity contribution >= 4 is 55.7 Å². The minimum atomic E-state index is -0.0779. The molecule has 3 aromatic rings. The molecule has 2 aromatic heterocycles. The first-order valence-electron chi connectivity index (χ1n) is 8.58. The summed E-state index contributed by atoms with van der Waals surface area (Å²) in [4.78, 5) is 30.7. The summed E-state index contributed by atoms with van der Waals surface area (Å²) in [5.41, 5.74) is 0.572. The second-order valence-electron chi connectivity index (χ2n) is 5.73. The van der Waals surface area contributed by atoms with E-state index in [2.05, 4.69) is 20.9 Å². The number of ether oxygens (including phenoxy) is 1. The molecule has 0 aliphatic rings. The number of thiophene rings is 1. The molecule has 0 saturated carbocycles. The SMILES string of the molecule is CCOCCCn1c(SCC(=O)c2ccc(Br)s2)nc2ccccc2c1=O. The van der Waals surface area contributed by atoms with Gasteiger partial charge in [0.1, 0.15) is 0 Å². The maximum atomic E-state index is 12.9. The smallest absolute Gasteiger partial charge is 0.262 e. The number of thioether (sulfide) groups is 1. The van der Waals surface area contributed by atoms with Crippen molar-refractivity contribution < 1.29 is 9.53 Å². The molecule has 0 amide bonds. The van der Waals surface area contributed by atoms with Crippen molar-refractivity contribution in [3.8, 4) is 0 Å². The van der Waals surface area contributed by atoms with Crippen molar-refractivity contribution in [2.75, 3.05) is 19.0 Å². The minimum absolute atomic E-state index is 0.0268. The molecule has 1 aromatic carbocycles. The Morgan fingerprint density at radius 2 is 2.11 bits per heavy atom. The van der Waals surface area contributed by atoms with E-state index in [9.17, 15) is 9.59 Å².